The highest BCUT2D eigenvalue weighted by molar-refractivity contribution is 5.32. The van der Waals surface area contributed by atoms with Crippen LogP contribution in [0.2, 0.25) is 0 Å². The average molecular weight is 196 g/mol. The number of hydrogen-bond acceptors (Lipinski definition) is 5. The van der Waals surface area contributed by atoms with E-state index in [-0.39, 0.29) is 0 Å². The molecule has 1 N–H and O–H groups in total. The van der Waals surface area contributed by atoms with Crippen LogP contribution in [-0.2, 0) is 0 Å². The summed E-state index contributed by atoms with van der Waals surface area (Å²) in [4.78, 5) is 2.05. The molecule has 0 saturated heterocycles. The molecule has 0 spiro atoms. The molecule has 14 heavy (non-hydrogen) atoms. The molecule has 0 fully saturated rings. The van der Waals surface area contributed by atoms with Gasteiger partial charge in [0.1, 0.15) is 12.4 Å². The number of anilines is 1. The van der Waals surface area contributed by atoms with Crippen molar-refractivity contribution in [2.45, 2.75) is 0 Å². The molecule has 78 valence electrons. The quantitative estimate of drug-likeness (QED) is 0.741. The maximum Gasteiger partial charge on any atom is 0.233 e. The van der Waals surface area contributed by atoms with Gasteiger partial charge in [0.2, 0.25) is 5.88 Å². The summed E-state index contributed by atoms with van der Waals surface area (Å²) in [5.74, 6) is 1.30. The van der Waals surface area contributed by atoms with Crippen molar-refractivity contribution in [2.75, 3.05) is 39.6 Å². The van der Waals surface area contributed by atoms with Crippen molar-refractivity contribution >= 4 is 5.82 Å². The lowest BCUT2D eigenvalue weighted by Gasteiger charge is -2.09. The van der Waals surface area contributed by atoms with Crippen LogP contribution in [0.4, 0.5) is 5.82 Å². The summed E-state index contributed by atoms with van der Waals surface area (Å²) in [5, 5.41) is 10.7. The number of nitrogens with zero attached hydrogens (tertiary/aromatic N) is 3. The van der Waals surface area contributed by atoms with Gasteiger partial charge in [0, 0.05) is 19.7 Å². The Hall–Kier alpha value is -1.36. The number of ether oxygens (including phenoxy) is 1. The van der Waals surface area contributed by atoms with Gasteiger partial charge >= 0.3 is 0 Å². The Morgan fingerprint density at radius 1 is 1.36 bits per heavy atom. The predicted octanol–water partition coefficient (Wildman–Crippen LogP) is 0.459. The molecule has 0 amide bonds. The summed E-state index contributed by atoms with van der Waals surface area (Å²) >= 11 is 0. The lowest BCUT2D eigenvalue weighted by Crippen LogP contribution is -2.19. The van der Waals surface area contributed by atoms with E-state index in [1.165, 1.54) is 0 Å². The highest BCUT2D eigenvalue weighted by Gasteiger charge is 1.97. The van der Waals surface area contributed by atoms with Gasteiger partial charge in [0.15, 0.2) is 0 Å². The van der Waals surface area contributed by atoms with Gasteiger partial charge in [-0.3, -0.25) is 0 Å². The maximum atomic E-state index is 5.37. The molecule has 5 heteroatoms. The molecule has 0 saturated carbocycles. The molecule has 0 aliphatic heterocycles. The van der Waals surface area contributed by atoms with E-state index in [0.29, 0.717) is 12.5 Å². The minimum absolute atomic E-state index is 0.561. The second-order valence-electron chi connectivity index (χ2n) is 3.16. The number of rotatable bonds is 5. The van der Waals surface area contributed by atoms with Crippen molar-refractivity contribution in [1.29, 1.82) is 0 Å². The molecule has 0 atom stereocenters. The highest BCUT2D eigenvalue weighted by atomic mass is 16.5. The third-order valence-electron chi connectivity index (χ3n) is 1.68. The molecule has 0 unspecified atom stereocenters. The zero-order valence-corrected chi connectivity index (χ0v) is 8.82. The van der Waals surface area contributed by atoms with Crippen LogP contribution in [0.15, 0.2) is 12.1 Å². The number of aromatic nitrogens is 2. The molecule has 0 bridgehead atoms. The lowest BCUT2D eigenvalue weighted by molar-refractivity contribution is 0.252. The van der Waals surface area contributed by atoms with Crippen LogP contribution in [0, 0.1) is 0 Å². The normalized spacial score (nSPS) is 10.3. The highest BCUT2D eigenvalue weighted by Crippen LogP contribution is 2.06. The molecule has 0 aromatic carbocycles. The maximum absolute atomic E-state index is 5.37. The van der Waals surface area contributed by atoms with Crippen LogP contribution in [-0.4, -0.2) is 49.4 Å². The molecule has 5 nitrogen and oxygen atoms in total. The first-order valence-electron chi connectivity index (χ1n) is 4.51. The van der Waals surface area contributed by atoms with E-state index in [2.05, 4.69) is 20.4 Å². The van der Waals surface area contributed by atoms with Crippen LogP contribution in [0.1, 0.15) is 0 Å². The summed E-state index contributed by atoms with van der Waals surface area (Å²) in [6.45, 7) is 1.50. The van der Waals surface area contributed by atoms with Gasteiger partial charge in [-0.15, -0.1) is 10.2 Å². The van der Waals surface area contributed by atoms with Gasteiger partial charge in [-0.1, -0.05) is 0 Å². The standard InChI is InChI=1S/C9H16N4O/c1-10-8-4-5-9(12-11-8)14-7-6-13(2)3/h4-5H,6-7H2,1-3H3,(H,10,11). The Morgan fingerprint density at radius 2 is 2.14 bits per heavy atom. The van der Waals surface area contributed by atoms with E-state index < -0.39 is 0 Å². The van der Waals surface area contributed by atoms with Gasteiger partial charge in [-0.05, 0) is 20.2 Å². The summed E-state index contributed by atoms with van der Waals surface area (Å²) in [6, 6.07) is 3.63. The lowest BCUT2D eigenvalue weighted by atomic mass is 10.5. The van der Waals surface area contributed by atoms with Crippen molar-refractivity contribution in [3.05, 3.63) is 12.1 Å². The Balaban J connectivity index is 2.36. The van der Waals surface area contributed by atoms with Crippen molar-refractivity contribution in [1.82, 2.24) is 15.1 Å². The Morgan fingerprint density at radius 3 is 2.64 bits per heavy atom. The van der Waals surface area contributed by atoms with Crippen molar-refractivity contribution in [2.24, 2.45) is 0 Å². The van der Waals surface area contributed by atoms with E-state index in [1.807, 2.05) is 20.2 Å². The van der Waals surface area contributed by atoms with Crippen molar-refractivity contribution in [3.8, 4) is 5.88 Å². The van der Waals surface area contributed by atoms with E-state index in [1.54, 1.807) is 13.1 Å². The first kappa shape index (κ1) is 10.7. The monoisotopic (exact) mass is 196 g/mol. The second-order valence-corrected chi connectivity index (χ2v) is 3.16. The van der Waals surface area contributed by atoms with Gasteiger partial charge in [0.25, 0.3) is 0 Å². The first-order valence-corrected chi connectivity index (χ1v) is 4.51. The van der Waals surface area contributed by atoms with Crippen LogP contribution < -0.4 is 10.1 Å². The molecule has 0 aliphatic rings. The largest absolute Gasteiger partial charge is 0.475 e. The minimum atomic E-state index is 0.561. The average Bonchev–Trinajstić information content (AvgIpc) is 2.18. The predicted molar refractivity (Wildman–Crippen MR) is 55.6 cm³/mol. The van der Waals surface area contributed by atoms with Crippen molar-refractivity contribution in [3.63, 3.8) is 0 Å². The molecule has 1 rings (SSSR count). The molecular weight excluding hydrogens is 180 g/mol. The Labute approximate surface area is 84.1 Å². The van der Waals surface area contributed by atoms with E-state index in [9.17, 15) is 0 Å². The smallest absolute Gasteiger partial charge is 0.233 e. The third-order valence-corrected chi connectivity index (χ3v) is 1.68. The minimum Gasteiger partial charge on any atom is -0.475 e. The zero-order valence-electron chi connectivity index (χ0n) is 8.82. The molecule has 0 aliphatic carbocycles. The summed E-state index contributed by atoms with van der Waals surface area (Å²) in [5.41, 5.74) is 0. The van der Waals surface area contributed by atoms with Gasteiger partial charge in [0.05, 0.1) is 0 Å². The van der Waals surface area contributed by atoms with Crippen LogP contribution >= 0.6 is 0 Å². The number of nitrogens with one attached hydrogen (secondary N) is 1. The van der Waals surface area contributed by atoms with Crippen LogP contribution in [0.3, 0.4) is 0 Å². The summed E-state index contributed by atoms with van der Waals surface area (Å²) in [6.07, 6.45) is 0. The topological polar surface area (TPSA) is 50.3 Å². The van der Waals surface area contributed by atoms with E-state index in [0.717, 1.165) is 12.4 Å². The van der Waals surface area contributed by atoms with Crippen LogP contribution in [0.5, 0.6) is 5.88 Å². The fraction of sp³-hybridized carbons (Fsp3) is 0.556. The Kier molecular flexibility index (Phi) is 4.12. The SMILES string of the molecule is CNc1ccc(OCCN(C)C)nn1. The zero-order chi connectivity index (χ0) is 10.4. The second kappa shape index (κ2) is 5.39. The number of hydrogen-bond donors (Lipinski definition) is 1. The fourth-order valence-electron chi connectivity index (χ4n) is 0.863. The molecule has 1 aromatic heterocycles. The van der Waals surface area contributed by atoms with E-state index >= 15 is 0 Å². The van der Waals surface area contributed by atoms with Crippen molar-refractivity contribution < 1.29 is 4.74 Å². The Bertz CT molecular complexity index is 260. The third kappa shape index (κ3) is 3.57. The molecule has 1 aromatic rings. The van der Waals surface area contributed by atoms with Gasteiger partial charge in [-0.25, -0.2) is 0 Å². The molecule has 0 radical (unpaired) electrons. The molecule has 1 heterocycles. The van der Waals surface area contributed by atoms with Crippen LogP contribution in [0.25, 0.3) is 0 Å². The first-order chi connectivity index (χ1) is 6.72. The number of likely N-dealkylation sites (N-methyl/N-ethyl adjacent to an activating group) is 1. The van der Waals surface area contributed by atoms with Gasteiger partial charge in [-0.2, -0.15) is 0 Å². The van der Waals surface area contributed by atoms with E-state index in [4.69, 9.17) is 4.74 Å². The summed E-state index contributed by atoms with van der Waals surface area (Å²) < 4.78 is 5.37. The molecular formula is C9H16N4O. The summed E-state index contributed by atoms with van der Waals surface area (Å²) in [7, 11) is 5.80. The fourth-order valence-corrected chi connectivity index (χ4v) is 0.863. The van der Waals surface area contributed by atoms with Gasteiger partial charge < -0.3 is 15.0 Å².